The maximum Gasteiger partial charge on any atom is 0.349 e. The number of methoxy groups -OCH3 is 2. The van der Waals surface area contributed by atoms with Crippen LogP contribution in [0.2, 0.25) is 0 Å². The number of thiazole rings is 1. The molecule has 32 heavy (non-hydrogen) atoms. The molecular weight excluding hydrogens is 432 g/mol. The summed E-state index contributed by atoms with van der Waals surface area (Å²) in [5.74, 6) is 0.998. The average molecular weight is 455 g/mol. The lowest BCUT2D eigenvalue weighted by Crippen LogP contribution is -2.47. The standard InChI is InChI=1S/C23H22N2O6S/c1-14(26)25-11-21(31-18-7-5-4-6-17(18)25)23(27)30-12-16-13-32-22(24-16)15-8-9-19(28-2)20(10-15)29-3/h4-10,13,21H,11-12H2,1-3H3/t21-/m0/s1. The second-order valence-corrected chi connectivity index (χ2v) is 7.88. The van der Waals surface area contributed by atoms with E-state index in [0.29, 0.717) is 28.6 Å². The van der Waals surface area contributed by atoms with E-state index in [-0.39, 0.29) is 19.1 Å². The summed E-state index contributed by atoms with van der Waals surface area (Å²) in [6.07, 6.45) is -0.905. The number of hydrogen-bond acceptors (Lipinski definition) is 8. The molecule has 0 N–H and O–H groups in total. The minimum Gasteiger partial charge on any atom is -0.493 e. The molecule has 0 radical (unpaired) electrons. The molecule has 1 aromatic heterocycles. The summed E-state index contributed by atoms with van der Waals surface area (Å²) in [5.41, 5.74) is 2.13. The van der Waals surface area contributed by atoms with Crippen molar-refractivity contribution in [2.24, 2.45) is 0 Å². The molecule has 2 heterocycles. The van der Waals surface area contributed by atoms with Gasteiger partial charge in [0.2, 0.25) is 12.0 Å². The van der Waals surface area contributed by atoms with Gasteiger partial charge in [0.1, 0.15) is 17.4 Å². The van der Waals surface area contributed by atoms with Gasteiger partial charge < -0.3 is 23.8 Å². The molecule has 0 fully saturated rings. The molecule has 0 aliphatic carbocycles. The molecule has 0 bridgehead atoms. The molecule has 0 saturated carbocycles. The largest absolute Gasteiger partial charge is 0.493 e. The maximum atomic E-state index is 12.6. The smallest absolute Gasteiger partial charge is 0.349 e. The van der Waals surface area contributed by atoms with Gasteiger partial charge in [0.15, 0.2) is 11.5 Å². The number of fused-ring (bicyclic) bond motifs is 1. The van der Waals surface area contributed by atoms with Crippen molar-refractivity contribution in [1.29, 1.82) is 0 Å². The number of hydrogen-bond donors (Lipinski definition) is 0. The number of esters is 1. The monoisotopic (exact) mass is 454 g/mol. The topological polar surface area (TPSA) is 87.2 Å². The lowest BCUT2D eigenvalue weighted by Gasteiger charge is -2.33. The van der Waals surface area contributed by atoms with Crippen molar-refractivity contribution in [2.45, 2.75) is 19.6 Å². The Morgan fingerprint density at radius 3 is 2.69 bits per heavy atom. The Hall–Kier alpha value is -3.59. The van der Waals surface area contributed by atoms with Crippen LogP contribution in [0.4, 0.5) is 5.69 Å². The number of para-hydroxylation sites is 2. The van der Waals surface area contributed by atoms with Crippen LogP contribution < -0.4 is 19.1 Å². The van der Waals surface area contributed by atoms with Crippen LogP contribution in [0.15, 0.2) is 47.8 Å². The highest BCUT2D eigenvalue weighted by Gasteiger charge is 2.33. The van der Waals surface area contributed by atoms with Crippen molar-refractivity contribution in [3.05, 3.63) is 53.5 Å². The van der Waals surface area contributed by atoms with E-state index in [1.807, 2.05) is 29.6 Å². The Balaban J connectivity index is 1.42. The van der Waals surface area contributed by atoms with E-state index in [1.54, 1.807) is 32.4 Å². The fraction of sp³-hybridized carbons (Fsp3) is 0.261. The normalized spacial score (nSPS) is 14.8. The van der Waals surface area contributed by atoms with Crippen molar-refractivity contribution < 1.29 is 28.5 Å². The maximum absolute atomic E-state index is 12.6. The molecular formula is C23H22N2O6S. The Bertz CT molecular complexity index is 1150. The molecule has 1 atom stereocenters. The van der Waals surface area contributed by atoms with Gasteiger partial charge in [-0.05, 0) is 30.3 Å². The van der Waals surface area contributed by atoms with E-state index in [0.717, 1.165) is 10.6 Å². The van der Waals surface area contributed by atoms with Crippen LogP contribution in [0.25, 0.3) is 10.6 Å². The first-order valence-electron chi connectivity index (χ1n) is 9.87. The van der Waals surface area contributed by atoms with Gasteiger partial charge in [-0.15, -0.1) is 11.3 Å². The molecule has 0 spiro atoms. The van der Waals surface area contributed by atoms with Crippen LogP contribution in [-0.2, 0) is 20.9 Å². The number of amides is 1. The average Bonchev–Trinajstić information content (AvgIpc) is 3.30. The van der Waals surface area contributed by atoms with Crippen molar-refractivity contribution in [1.82, 2.24) is 4.98 Å². The van der Waals surface area contributed by atoms with Gasteiger partial charge in [0.25, 0.3) is 0 Å². The van der Waals surface area contributed by atoms with Crippen LogP contribution in [0.5, 0.6) is 17.2 Å². The van der Waals surface area contributed by atoms with E-state index >= 15 is 0 Å². The second kappa shape index (κ2) is 9.27. The van der Waals surface area contributed by atoms with Gasteiger partial charge in [-0.3, -0.25) is 4.79 Å². The summed E-state index contributed by atoms with van der Waals surface area (Å²) in [4.78, 5) is 30.7. The molecule has 1 amide bonds. The fourth-order valence-corrected chi connectivity index (χ4v) is 4.17. The molecule has 0 saturated heterocycles. The molecule has 8 nitrogen and oxygen atoms in total. The summed E-state index contributed by atoms with van der Waals surface area (Å²) < 4.78 is 21.8. The lowest BCUT2D eigenvalue weighted by molar-refractivity contribution is -0.153. The SMILES string of the molecule is COc1ccc(-c2nc(COC(=O)[C@@H]3CN(C(C)=O)c4ccccc4O3)cs2)cc1OC. The molecule has 9 heteroatoms. The van der Waals surface area contributed by atoms with E-state index in [9.17, 15) is 9.59 Å². The van der Waals surface area contributed by atoms with Crippen molar-refractivity contribution in [3.8, 4) is 27.8 Å². The molecule has 1 aliphatic heterocycles. The third kappa shape index (κ3) is 4.38. The molecule has 3 aromatic rings. The van der Waals surface area contributed by atoms with Crippen LogP contribution in [0.3, 0.4) is 0 Å². The summed E-state index contributed by atoms with van der Waals surface area (Å²) in [6, 6.07) is 12.7. The second-order valence-electron chi connectivity index (χ2n) is 7.03. The Morgan fingerprint density at radius 2 is 1.94 bits per heavy atom. The third-order valence-corrected chi connectivity index (χ3v) is 5.90. The first-order chi connectivity index (χ1) is 15.5. The summed E-state index contributed by atoms with van der Waals surface area (Å²) in [6.45, 7) is 1.55. The van der Waals surface area contributed by atoms with Crippen LogP contribution in [0, 0.1) is 0 Å². The number of rotatable bonds is 6. The minimum atomic E-state index is -0.905. The fourth-order valence-electron chi connectivity index (χ4n) is 3.37. The number of carbonyl (C=O) groups is 2. The number of anilines is 1. The van der Waals surface area contributed by atoms with Crippen LogP contribution in [-0.4, -0.2) is 43.7 Å². The Kier molecular flexibility index (Phi) is 6.27. The molecule has 4 rings (SSSR count). The first-order valence-corrected chi connectivity index (χ1v) is 10.8. The van der Waals surface area contributed by atoms with Gasteiger partial charge in [-0.1, -0.05) is 12.1 Å². The Morgan fingerprint density at radius 1 is 1.16 bits per heavy atom. The molecule has 1 aliphatic rings. The number of carbonyl (C=O) groups excluding carboxylic acids is 2. The zero-order chi connectivity index (χ0) is 22.7. The van der Waals surface area contributed by atoms with E-state index in [4.69, 9.17) is 18.9 Å². The van der Waals surface area contributed by atoms with E-state index in [2.05, 4.69) is 4.98 Å². The Labute approximate surface area is 189 Å². The van der Waals surface area contributed by atoms with Gasteiger partial charge in [-0.25, -0.2) is 9.78 Å². The highest BCUT2D eigenvalue weighted by Crippen LogP contribution is 2.35. The molecule has 166 valence electrons. The van der Waals surface area contributed by atoms with Crippen LogP contribution >= 0.6 is 11.3 Å². The first kappa shape index (κ1) is 21.6. The lowest BCUT2D eigenvalue weighted by atomic mass is 10.2. The van der Waals surface area contributed by atoms with Gasteiger partial charge in [0, 0.05) is 17.9 Å². The van der Waals surface area contributed by atoms with E-state index < -0.39 is 12.1 Å². The predicted molar refractivity (Wildman–Crippen MR) is 119 cm³/mol. The van der Waals surface area contributed by atoms with Gasteiger partial charge >= 0.3 is 5.97 Å². The van der Waals surface area contributed by atoms with Crippen LogP contribution in [0.1, 0.15) is 12.6 Å². The van der Waals surface area contributed by atoms with E-state index in [1.165, 1.54) is 23.2 Å². The van der Waals surface area contributed by atoms with Crippen molar-refractivity contribution >= 4 is 28.9 Å². The van der Waals surface area contributed by atoms with Gasteiger partial charge in [0.05, 0.1) is 32.1 Å². The number of ether oxygens (including phenoxy) is 4. The number of nitrogens with zero attached hydrogens (tertiary/aromatic N) is 2. The highest BCUT2D eigenvalue weighted by molar-refractivity contribution is 7.13. The number of aromatic nitrogens is 1. The predicted octanol–water partition coefficient (Wildman–Crippen LogP) is 3.68. The third-order valence-electron chi connectivity index (χ3n) is 4.96. The highest BCUT2D eigenvalue weighted by atomic mass is 32.1. The van der Waals surface area contributed by atoms with Gasteiger partial charge in [-0.2, -0.15) is 0 Å². The molecule has 2 aromatic carbocycles. The zero-order valence-electron chi connectivity index (χ0n) is 17.9. The molecule has 0 unspecified atom stereocenters. The van der Waals surface area contributed by atoms with Crippen molar-refractivity contribution in [2.75, 3.05) is 25.7 Å². The van der Waals surface area contributed by atoms with Crippen molar-refractivity contribution in [3.63, 3.8) is 0 Å². The zero-order valence-corrected chi connectivity index (χ0v) is 18.7. The number of benzene rings is 2. The minimum absolute atomic E-state index is 0.00417. The summed E-state index contributed by atoms with van der Waals surface area (Å²) in [5, 5.41) is 2.60. The quantitative estimate of drug-likeness (QED) is 0.525. The summed E-state index contributed by atoms with van der Waals surface area (Å²) >= 11 is 1.43. The summed E-state index contributed by atoms with van der Waals surface area (Å²) in [7, 11) is 3.16.